The van der Waals surface area contributed by atoms with E-state index in [-0.39, 0.29) is 24.0 Å². The average molecular weight is 508 g/mol. The Hall–Kier alpha value is -0.810. The quantitative estimate of drug-likeness (QED) is 0.235. The highest BCUT2D eigenvalue weighted by atomic mass is 127. The van der Waals surface area contributed by atoms with Crippen molar-refractivity contribution >= 4 is 53.0 Å². The van der Waals surface area contributed by atoms with Crippen molar-refractivity contribution in [3.05, 3.63) is 34.0 Å². The number of hydrogen-bond acceptors (Lipinski definition) is 5. The maximum absolute atomic E-state index is 4.69. The molecule has 2 aromatic rings. The molecule has 0 amide bonds. The summed E-state index contributed by atoms with van der Waals surface area (Å²) in [5.41, 5.74) is 0. The first-order valence-electron chi connectivity index (χ1n) is 8.51. The van der Waals surface area contributed by atoms with Crippen LogP contribution in [0, 0.1) is 6.92 Å². The molecule has 26 heavy (non-hydrogen) atoms. The molecular weight excluding hydrogens is 479 g/mol. The van der Waals surface area contributed by atoms with E-state index in [1.54, 1.807) is 11.3 Å². The van der Waals surface area contributed by atoms with Gasteiger partial charge in [0, 0.05) is 30.9 Å². The van der Waals surface area contributed by atoms with E-state index in [0.29, 0.717) is 12.5 Å². The fraction of sp³-hybridized carbons (Fsp3) is 0.588. The van der Waals surface area contributed by atoms with E-state index in [0.717, 1.165) is 42.9 Å². The number of nitrogens with one attached hydrogen (secondary N) is 2. The molecule has 0 aliphatic carbocycles. The zero-order valence-electron chi connectivity index (χ0n) is 15.9. The number of aromatic nitrogens is 3. The van der Waals surface area contributed by atoms with Crippen molar-refractivity contribution in [3.8, 4) is 0 Å². The molecule has 2 N–H and O–H groups in total. The number of thiophene rings is 1. The van der Waals surface area contributed by atoms with Crippen LogP contribution in [0.4, 0.5) is 0 Å². The predicted octanol–water partition coefficient (Wildman–Crippen LogP) is 3.40. The molecule has 0 aromatic carbocycles. The molecule has 2 aromatic heterocycles. The van der Waals surface area contributed by atoms with Crippen LogP contribution in [-0.2, 0) is 13.6 Å². The molecule has 0 spiro atoms. The third-order valence-electron chi connectivity index (χ3n) is 3.98. The minimum atomic E-state index is 0. The maximum Gasteiger partial charge on any atom is 0.191 e. The van der Waals surface area contributed by atoms with E-state index < -0.39 is 0 Å². The van der Waals surface area contributed by atoms with E-state index in [9.17, 15) is 0 Å². The van der Waals surface area contributed by atoms with E-state index >= 15 is 0 Å². The van der Waals surface area contributed by atoms with E-state index in [1.807, 2.05) is 30.3 Å². The lowest BCUT2D eigenvalue weighted by Crippen LogP contribution is -2.39. The molecule has 9 heteroatoms. The molecule has 2 heterocycles. The molecule has 0 radical (unpaired) electrons. The van der Waals surface area contributed by atoms with E-state index in [2.05, 4.69) is 56.5 Å². The second-order valence-electron chi connectivity index (χ2n) is 5.96. The monoisotopic (exact) mass is 508 g/mol. The third kappa shape index (κ3) is 7.43. The van der Waals surface area contributed by atoms with Crippen LogP contribution < -0.4 is 10.6 Å². The largest absolute Gasteiger partial charge is 0.356 e. The lowest BCUT2D eigenvalue weighted by atomic mass is 10.1. The van der Waals surface area contributed by atoms with Gasteiger partial charge in [-0.25, -0.2) is 4.99 Å². The van der Waals surface area contributed by atoms with Crippen molar-refractivity contribution in [2.75, 3.05) is 25.1 Å². The van der Waals surface area contributed by atoms with Gasteiger partial charge in [0.05, 0.1) is 0 Å². The molecule has 0 bridgehead atoms. The summed E-state index contributed by atoms with van der Waals surface area (Å²) >= 11 is 3.66. The van der Waals surface area contributed by atoms with Crippen molar-refractivity contribution < 1.29 is 0 Å². The topological polar surface area (TPSA) is 67.1 Å². The fourth-order valence-electron chi connectivity index (χ4n) is 2.26. The van der Waals surface area contributed by atoms with Crippen molar-refractivity contribution in [1.29, 1.82) is 0 Å². The number of aryl methyl sites for hydroxylation is 1. The Morgan fingerprint density at radius 2 is 2.19 bits per heavy atom. The number of rotatable bonds is 9. The third-order valence-corrected chi connectivity index (χ3v) is 5.78. The summed E-state index contributed by atoms with van der Waals surface area (Å²) in [7, 11) is 1.97. The van der Waals surface area contributed by atoms with Crippen molar-refractivity contribution in [1.82, 2.24) is 25.4 Å². The van der Waals surface area contributed by atoms with E-state index in [4.69, 9.17) is 0 Å². The molecule has 0 fully saturated rings. The number of nitrogens with zero attached hydrogens (tertiary/aromatic N) is 4. The van der Waals surface area contributed by atoms with Gasteiger partial charge >= 0.3 is 0 Å². The van der Waals surface area contributed by atoms with Crippen molar-refractivity contribution in [2.24, 2.45) is 12.0 Å². The van der Waals surface area contributed by atoms with Crippen LogP contribution >= 0.6 is 47.1 Å². The molecule has 0 saturated carbocycles. The van der Waals surface area contributed by atoms with E-state index in [1.165, 1.54) is 4.88 Å². The smallest absolute Gasteiger partial charge is 0.191 e. The van der Waals surface area contributed by atoms with Crippen LogP contribution in [0.2, 0.25) is 0 Å². The molecular formula is C17H29IN6S2. The van der Waals surface area contributed by atoms with Crippen molar-refractivity contribution in [2.45, 2.75) is 32.7 Å². The van der Waals surface area contributed by atoms with Crippen LogP contribution in [0.1, 0.15) is 35.8 Å². The second kappa shape index (κ2) is 12.6. The Morgan fingerprint density at radius 3 is 2.81 bits per heavy atom. The second-order valence-corrected chi connectivity index (χ2v) is 7.92. The molecule has 0 aliphatic rings. The number of aliphatic imine (C=N–C) groups is 1. The first-order valence-corrected chi connectivity index (χ1v) is 10.8. The van der Waals surface area contributed by atoms with Gasteiger partial charge in [0.2, 0.25) is 0 Å². The highest BCUT2D eigenvalue weighted by Crippen LogP contribution is 2.19. The summed E-state index contributed by atoms with van der Waals surface area (Å²) in [4.78, 5) is 6.07. The number of halogens is 1. The van der Waals surface area contributed by atoms with Crippen LogP contribution in [0.15, 0.2) is 22.5 Å². The molecule has 1 unspecified atom stereocenters. The van der Waals surface area contributed by atoms with Crippen LogP contribution in [0.25, 0.3) is 0 Å². The van der Waals surface area contributed by atoms with Crippen LogP contribution in [0.5, 0.6) is 0 Å². The zero-order chi connectivity index (χ0) is 18.1. The number of hydrogen-bond donors (Lipinski definition) is 2. The minimum Gasteiger partial charge on any atom is -0.356 e. The summed E-state index contributed by atoms with van der Waals surface area (Å²) in [5.74, 6) is 4.21. The van der Waals surface area contributed by atoms with Gasteiger partial charge in [-0.1, -0.05) is 13.0 Å². The molecule has 2 rings (SSSR count). The number of thioether (sulfide) groups is 1. The minimum absolute atomic E-state index is 0. The summed E-state index contributed by atoms with van der Waals surface area (Å²) in [5, 5.41) is 17.3. The molecule has 0 aliphatic heterocycles. The standard InChI is InChI=1S/C17H28N6S2.HI/c1-13(15-7-5-10-25-15)11-19-17(18-8-6-9-24-4)20-12-16-22-21-14(2)23(16)3;/h5,7,10,13H,6,8-9,11-12H2,1-4H3,(H2,18,19,20);1H. The summed E-state index contributed by atoms with van der Waals surface area (Å²) < 4.78 is 1.98. The molecule has 6 nitrogen and oxygen atoms in total. The van der Waals surface area contributed by atoms with Gasteiger partial charge in [-0.3, -0.25) is 0 Å². The Kier molecular flexibility index (Phi) is 11.2. The lowest BCUT2D eigenvalue weighted by molar-refractivity contribution is 0.696. The lowest BCUT2D eigenvalue weighted by Gasteiger charge is -2.15. The molecule has 146 valence electrons. The van der Waals surface area contributed by atoms with Gasteiger partial charge in [-0.2, -0.15) is 11.8 Å². The zero-order valence-corrected chi connectivity index (χ0v) is 19.8. The highest BCUT2D eigenvalue weighted by molar-refractivity contribution is 14.0. The first-order chi connectivity index (χ1) is 12.1. The Balaban J connectivity index is 0.00000338. The SMILES string of the molecule is CSCCCNC(=NCc1nnc(C)n1C)NCC(C)c1cccs1.I. The molecule has 1 atom stereocenters. The van der Waals surface area contributed by atoms with Gasteiger partial charge in [0.15, 0.2) is 11.8 Å². The highest BCUT2D eigenvalue weighted by Gasteiger charge is 2.09. The number of guanidine groups is 1. The van der Waals surface area contributed by atoms with Gasteiger partial charge in [-0.15, -0.1) is 45.5 Å². The fourth-order valence-corrected chi connectivity index (χ4v) is 3.48. The van der Waals surface area contributed by atoms with Crippen LogP contribution in [-0.4, -0.2) is 45.8 Å². The Labute approximate surface area is 181 Å². The van der Waals surface area contributed by atoms with Crippen molar-refractivity contribution in [3.63, 3.8) is 0 Å². The van der Waals surface area contributed by atoms with Gasteiger partial charge in [0.1, 0.15) is 12.4 Å². The summed E-state index contributed by atoms with van der Waals surface area (Å²) in [6.45, 7) is 6.46. The van der Waals surface area contributed by atoms with Gasteiger partial charge < -0.3 is 15.2 Å². The Morgan fingerprint density at radius 1 is 1.38 bits per heavy atom. The first kappa shape index (κ1) is 23.2. The molecule has 0 saturated heterocycles. The predicted molar refractivity (Wildman–Crippen MR) is 124 cm³/mol. The Bertz CT molecular complexity index is 656. The van der Waals surface area contributed by atoms with Gasteiger partial charge in [-0.05, 0) is 36.8 Å². The summed E-state index contributed by atoms with van der Waals surface area (Å²) in [6.07, 6.45) is 3.25. The van der Waals surface area contributed by atoms with Gasteiger partial charge in [0.25, 0.3) is 0 Å². The summed E-state index contributed by atoms with van der Waals surface area (Å²) in [6, 6.07) is 4.28. The maximum atomic E-state index is 4.69. The normalized spacial score (nSPS) is 12.5. The van der Waals surface area contributed by atoms with Crippen LogP contribution in [0.3, 0.4) is 0 Å². The average Bonchev–Trinajstić information content (AvgIpc) is 3.25.